The van der Waals surface area contributed by atoms with Crippen molar-refractivity contribution in [2.45, 2.75) is 38.3 Å². The fourth-order valence-electron chi connectivity index (χ4n) is 3.54. The number of nitrogens with zero attached hydrogens (tertiary/aromatic N) is 1. The Morgan fingerprint density at radius 3 is 2.73 bits per heavy atom. The molecule has 2 fully saturated rings. The predicted molar refractivity (Wildman–Crippen MR) is 80.8 cm³/mol. The SMILES string of the molecule is COc1ccc(CN2C(=O)C[C@@H]3CCC(=O)C[C@@H]32)c(OC)c1. The number of hydrogen-bond acceptors (Lipinski definition) is 4. The van der Waals surface area contributed by atoms with E-state index >= 15 is 0 Å². The van der Waals surface area contributed by atoms with E-state index in [2.05, 4.69) is 0 Å². The lowest BCUT2D eigenvalue weighted by molar-refractivity contribution is -0.130. The molecule has 0 spiro atoms. The molecular weight excluding hydrogens is 282 g/mol. The molecule has 3 rings (SSSR count). The number of benzene rings is 1. The standard InChI is InChI=1S/C17H21NO4/c1-21-14-6-4-12(16(9-14)22-2)10-18-15-8-13(19)5-3-11(15)7-17(18)20/h4,6,9,11,15H,3,5,7-8,10H2,1-2H3/t11-,15-/m0/s1. The molecule has 0 bridgehead atoms. The van der Waals surface area contributed by atoms with Gasteiger partial charge in [-0.05, 0) is 24.5 Å². The monoisotopic (exact) mass is 303 g/mol. The number of amides is 1. The summed E-state index contributed by atoms with van der Waals surface area (Å²) < 4.78 is 10.6. The molecule has 0 radical (unpaired) electrons. The minimum absolute atomic E-state index is 0.0561. The largest absolute Gasteiger partial charge is 0.497 e. The van der Waals surface area contributed by atoms with Gasteiger partial charge < -0.3 is 14.4 Å². The summed E-state index contributed by atoms with van der Waals surface area (Å²) in [6.07, 6.45) is 2.52. The highest BCUT2D eigenvalue weighted by molar-refractivity contribution is 5.85. The van der Waals surface area contributed by atoms with E-state index in [1.54, 1.807) is 14.2 Å². The summed E-state index contributed by atoms with van der Waals surface area (Å²) in [6, 6.07) is 5.66. The molecule has 1 aliphatic heterocycles. The molecule has 22 heavy (non-hydrogen) atoms. The first-order valence-electron chi connectivity index (χ1n) is 7.64. The van der Waals surface area contributed by atoms with Crippen LogP contribution in [0.1, 0.15) is 31.2 Å². The molecule has 1 saturated heterocycles. The lowest BCUT2D eigenvalue weighted by Crippen LogP contribution is -2.38. The van der Waals surface area contributed by atoms with Crippen LogP contribution in [-0.4, -0.2) is 36.9 Å². The molecule has 2 aliphatic rings. The van der Waals surface area contributed by atoms with Crippen molar-refractivity contribution in [2.75, 3.05) is 14.2 Å². The number of methoxy groups -OCH3 is 2. The molecule has 1 aromatic carbocycles. The zero-order chi connectivity index (χ0) is 15.7. The molecule has 0 unspecified atom stereocenters. The minimum Gasteiger partial charge on any atom is -0.497 e. The first-order valence-corrected chi connectivity index (χ1v) is 7.64. The van der Waals surface area contributed by atoms with E-state index in [1.165, 1.54) is 0 Å². The third-order valence-corrected chi connectivity index (χ3v) is 4.77. The van der Waals surface area contributed by atoms with Crippen molar-refractivity contribution in [1.29, 1.82) is 0 Å². The van der Waals surface area contributed by atoms with Gasteiger partial charge >= 0.3 is 0 Å². The molecule has 2 atom stereocenters. The third kappa shape index (κ3) is 2.67. The second-order valence-electron chi connectivity index (χ2n) is 6.01. The van der Waals surface area contributed by atoms with Gasteiger partial charge in [0.15, 0.2) is 0 Å². The smallest absolute Gasteiger partial charge is 0.223 e. The van der Waals surface area contributed by atoms with Gasteiger partial charge in [-0.25, -0.2) is 0 Å². The topological polar surface area (TPSA) is 55.8 Å². The van der Waals surface area contributed by atoms with Crippen LogP contribution in [0.2, 0.25) is 0 Å². The molecule has 1 heterocycles. The lowest BCUT2D eigenvalue weighted by Gasteiger charge is -2.31. The fourth-order valence-corrected chi connectivity index (χ4v) is 3.54. The summed E-state index contributed by atoms with van der Waals surface area (Å²) in [5.74, 6) is 2.16. The van der Waals surface area contributed by atoms with Gasteiger partial charge in [0, 0.05) is 43.5 Å². The third-order valence-electron chi connectivity index (χ3n) is 4.77. The first-order chi connectivity index (χ1) is 10.6. The number of fused-ring (bicyclic) bond motifs is 1. The van der Waals surface area contributed by atoms with E-state index in [0.717, 1.165) is 17.7 Å². The summed E-state index contributed by atoms with van der Waals surface area (Å²) in [5, 5.41) is 0. The molecule has 5 heteroatoms. The van der Waals surface area contributed by atoms with Crippen molar-refractivity contribution < 1.29 is 19.1 Å². The van der Waals surface area contributed by atoms with E-state index in [9.17, 15) is 9.59 Å². The maximum Gasteiger partial charge on any atom is 0.223 e. The molecular formula is C17H21NO4. The van der Waals surface area contributed by atoms with Crippen molar-refractivity contribution in [1.82, 2.24) is 4.90 Å². The Balaban J connectivity index is 1.82. The number of Topliss-reactive ketones (excluding diaryl/α,β-unsaturated/α-hetero) is 1. The van der Waals surface area contributed by atoms with Crippen LogP contribution < -0.4 is 9.47 Å². The Labute approximate surface area is 130 Å². The molecule has 0 N–H and O–H groups in total. The van der Waals surface area contributed by atoms with Gasteiger partial charge in [-0.1, -0.05) is 0 Å². The predicted octanol–water partition coefficient (Wildman–Crippen LogP) is 2.17. The zero-order valence-electron chi connectivity index (χ0n) is 13.0. The van der Waals surface area contributed by atoms with Gasteiger partial charge in [-0.2, -0.15) is 0 Å². The van der Waals surface area contributed by atoms with Crippen LogP contribution in [0.4, 0.5) is 0 Å². The Bertz CT molecular complexity index is 598. The Morgan fingerprint density at radius 1 is 1.18 bits per heavy atom. The molecule has 1 saturated carbocycles. The van der Waals surface area contributed by atoms with Crippen LogP contribution in [0.5, 0.6) is 11.5 Å². The van der Waals surface area contributed by atoms with Gasteiger partial charge in [-0.15, -0.1) is 0 Å². The van der Waals surface area contributed by atoms with Crippen LogP contribution in [0.3, 0.4) is 0 Å². The normalized spacial score (nSPS) is 24.4. The van der Waals surface area contributed by atoms with Crippen LogP contribution in [0.15, 0.2) is 18.2 Å². The second kappa shape index (κ2) is 5.99. The molecule has 0 aromatic heterocycles. The first kappa shape index (κ1) is 14.9. The van der Waals surface area contributed by atoms with Crippen LogP contribution in [0.25, 0.3) is 0 Å². The number of carbonyl (C=O) groups is 2. The summed E-state index contributed by atoms with van der Waals surface area (Å²) in [7, 11) is 3.22. The summed E-state index contributed by atoms with van der Waals surface area (Å²) in [6.45, 7) is 0.487. The Morgan fingerprint density at radius 2 is 2.00 bits per heavy atom. The van der Waals surface area contributed by atoms with Crippen LogP contribution >= 0.6 is 0 Å². The van der Waals surface area contributed by atoms with Gasteiger partial charge in [0.1, 0.15) is 17.3 Å². The van der Waals surface area contributed by atoms with E-state index in [-0.39, 0.29) is 17.7 Å². The maximum atomic E-state index is 12.3. The van der Waals surface area contributed by atoms with Gasteiger partial charge in [0.25, 0.3) is 0 Å². The Kier molecular flexibility index (Phi) is 4.05. The molecule has 1 aromatic rings. The van der Waals surface area contributed by atoms with E-state index in [1.807, 2.05) is 23.1 Å². The van der Waals surface area contributed by atoms with Crippen molar-refractivity contribution in [3.05, 3.63) is 23.8 Å². The van der Waals surface area contributed by atoms with Gasteiger partial charge in [0.2, 0.25) is 5.91 Å². The zero-order valence-corrected chi connectivity index (χ0v) is 13.0. The van der Waals surface area contributed by atoms with Crippen LogP contribution in [0, 0.1) is 5.92 Å². The average molecular weight is 303 g/mol. The molecule has 1 aliphatic carbocycles. The number of ketones is 1. The van der Waals surface area contributed by atoms with Crippen molar-refractivity contribution in [2.24, 2.45) is 5.92 Å². The highest BCUT2D eigenvalue weighted by atomic mass is 16.5. The highest BCUT2D eigenvalue weighted by Crippen LogP contribution is 2.37. The van der Waals surface area contributed by atoms with Crippen molar-refractivity contribution in [3.8, 4) is 11.5 Å². The summed E-state index contributed by atoms with van der Waals surface area (Å²) >= 11 is 0. The number of hydrogen-bond donors (Lipinski definition) is 0. The lowest BCUT2D eigenvalue weighted by atomic mass is 9.84. The second-order valence-corrected chi connectivity index (χ2v) is 6.01. The van der Waals surface area contributed by atoms with E-state index < -0.39 is 0 Å². The maximum absolute atomic E-state index is 12.3. The highest BCUT2D eigenvalue weighted by Gasteiger charge is 2.43. The van der Waals surface area contributed by atoms with E-state index in [4.69, 9.17) is 9.47 Å². The molecule has 118 valence electrons. The van der Waals surface area contributed by atoms with Gasteiger partial charge in [-0.3, -0.25) is 9.59 Å². The Hall–Kier alpha value is -2.04. The fraction of sp³-hybridized carbons (Fsp3) is 0.529. The van der Waals surface area contributed by atoms with E-state index in [0.29, 0.717) is 37.5 Å². The molecule has 5 nitrogen and oxygen atoms in total. The van der Waals surface area contributed by atoms with Gasteiger partial charge in [0.05, 0.1) is 14.2 Å². The quantitative estimate of drug-likeness (QED) is 0.855. The van der Waals surface area contributed by atoms with Crippen molar-refractivity contribution in [3.63, 3.8) is 0 Å². The minimum atomic E-state index is 0.0561. The van der Waals surface area contributed by atoms with Crippen LogP contribution in [-0.2, 0) is 16.1 Å². The number of ether oxygens (including phenoxy) is 2. The number of rotatable bonds is 4. The average Bonchev–Trinajstić information content (AvgIpc) is 2.83. The number of carbonyl (C=O) groups excluding carboxylic acids is 2. The number of likely N-dealkylation sites (tertiary alicyclic amines) is 1. The summed E-state index contributed by atoms with van der Waals surface area (Å²) in [5.41, 5.74) is 0.940. The van der Waals surface area contributed by atoms with Crippen molar-refractivity contribution >= 4 is 11.7 Å². The summed E-state index contributed by atoms with van der Waals surface area (Å²) in [4.78, 5) is 25.9. The molecule has 1 amide bonds.